The van der Waals surface area contributed by atoms with E-state index >= 15 is 0 Å². The topological polar surface area (TPSA) is 117 Å². The summed E-state index contributed by atoms with van der Waals surface area (Å²) in [4.78, 5) is 35.8. The van der Waals surface area contributed by atoms with Gasteiger partial charge in [-0.25, -0.2) is 14.8 Å². The molecule has 3 aromatic rings. The molecule has 3 heterocycles. The van der Waals surface area contributed by atoms with Crippen LogP contribution in [0.5, 0.6) is 0 Å². The van der Waals surface area contributed by atoms with Crippen molar-refractivity contribution in [3.63, 3.8) is 0 Å². The van der Waals surface area contributed by atoms with E-state index in [-0.39, 0.29) is 31.1 Å². The zero-order valence-electron chi connectivity index (χ0n) is 19.8. The van der Waals surface area contributed by atoms with E-state index in [1.54, 1.807) is 19.2 Å². The zero-order chi connectivity index (χ0) is 26.7. The lowest BCUT2D eigenvalue weighted by molar-refractivity contribution is -0.137. The average Bonchev–Trinajstić information content (AvgIpc) is 3.42. The summed E-state index contributed by atoms with van der Waals surface area (Å²) in [6, 6.07) is 4.85. The maximum atomic E-state index is 12.7. The fourth-order valence-electron chi connectivity index (χ4n) is 3.56. The number of hydrogen-bond donors (Lipinski definition) is 3. The number of aliphatic hydroxyl groups is 1. The largest absolute Gasteiger partial charge is 0.447 e. The number of carbonyl (C=O) groups excluding carboxylic acids is 2. The standard InChI is InChI=1S/C23H24F3N5O4S2/c1-12(2)35-22(34)27-7-16-19(37-18(10-32)28-16)17-11-36-21(29-17)30-20(33)13-8-31(9-13)15-5-3-14(4-6-15)23(24,25)26/h3-6,11-13,32H,7-10H2,1-2H3,(H,27,34)(H,29,30,33). The third-order valence-electron chi connectivity index (χ3n) is 5.40. The Morgan fingerprint density at radius 2 is 1.92 bits per heavy atom. The number of alkyl halides is 3. The molecule has 14 heteroatoms. The number of carbonyl (C=O) groups is 2. The smallest absolute Gasteiger partial charge is 0.416 e. The molecule has 0 radical (unpaired) electrons. The molecule has 3 N–H and O–H groups in total. The summed E-state index contributed by atoms with van der Waals surface area (Å²) in [5.41, 5.74) is 0.972. The van der Waals surface area contributed by atoms with Crippen LogP contribution in [0.25, 0.3) is 10.6 Å². The highest BCUT2D eigenvalue weighted by molar-refractivity contribution is 7.17. The molecule has 0 spiro atoms. The molecule has 37 heavy (non-hydrogen) atoms. The third-order valence-corrected chi connectivity index (χ3v) is 7.26. The molecule has 0 atom stereocenters. The molecule has 1 saturated heterocycles. The van der Waals surface area contributed by atoms with E-state index in [2.05, 4.69) is 20.6 Å². The van der Waals surface area contributed by atoms with E-state index in [4.69, 9.17) is 4.74 Å². The van der Waals surface area contributed by atoms with Gasteiger partial charge in [0, 0.05) is 24.2 Å². The number of nitrogens with one attached hydrogen (secondary N) is 2. The number of thiazole rings is 2. The lowest BCUT2D eigenvalue weighted by Crippen LogP contribution is -2.52. The van der Waals surface area contributed by atoms with Crippen molar-refractivity contribution in [1.82, 2.24) is 15.3 Å². The number of amides is 2. The van der Waals surface area contributed by atoms with Gasteiger partial charge in [-0.05, 0) is 38.1 Å². The Morgan fingerprint density at radius 3 is 2.54 bits per heavy atom. The van der Waals surface area contributed by atoms with Crippen molar-refractivity contribution in [3.8, 4) is 10.6 Å². The van der Waals surface area contributed by atoms with Crippen molar-refractivity contribution in [2.24, 2.45) is 5.92 Å². The highest BCUT2D eigenvalue weighted by Gasteiger charge is 2.34. The number of anilines is 2. The van der Waals surface area contributed by atoms with Crippen LogP contribution in [0.4, 0.5) is 28.8 Å². The van der Waals surface area contributed by atoms with Crippen molar-refractivity contribution < 1.29 is 32.6 Å². The fraction of sp³-hybridized carbons (Fsp3) is 0.391. The van der Waals surface area contributed by atoms with Crippen molar-refractivity contribution in [2.45, 2.75) is 39.3 Å². The molecular formula is C23H24F3N5O4S2. The maximum absolute atomic E-state index is 12.7. The first-order valence-electron chi connectivity index (χ1n) is 11.3. The minimum Gasteiger partial charge on any atom is -0.447 e. The average molecular weight is 556 g/mol. The van der Waals surface area contributed by atoms with Crippen molar-refractivity contribution in [1.29, 1.82) is 0 Å². The number of nitrogens with zero attached hydrogens (tertiary/aromatic N) is 3. The van der Waals surface area contributed by atoms with Gasteiger partial charge >= 0.3 is 12.3 Å². The molecule has 2 aromatic heterocycles. The molecule has 198 valence electrons. The van der Waals surface area contributed by atoms with Gasteiger partial charge in [0.1, 0.15) is 5.01 Å². The van der Waals surface area contributed by atoms with E-state index in [9.17, 15) is 27.9 Å². The molecule has 9 nitrogen and oxygen atoms in total. The molecular weight excluding hydrogens is 531 g/mol. The van der Waals surface area contributed by atoms with Crippen LogP contribution in [0.1, 0.15) is 30.1 Å². The normalized spacial score (nSPS) is 14.0. The van der Waals surface area contributed by atoms with E-state index in [0.29, 0.717) is 45.2 Å². The Morgan fingerprint density at radius 1 is 1.22 bits per heavy atom. The molecule has 2 amide bonds. The van der Waals surface area contributed by atoms with Gasteiger partial charge in [-0.2, -0.15) is 13.2 Å². The van der Waals surface area contributed by atoms with Gasteiger partial charge in [-0.3, -0.25) is 4.79 Å². The van der Waals surface area contributed by atoms with Crippen LogP contribution in [0.15, 0.2) is 29.6 Å². The second-order valence-corrected chi connectivity index (χ2v) is 10.5. The summed E-state index contributed by atoms with van der Waals surface area (Å²) < 4.78 is 43.3. The van der Waals surface area contributed by atoms with Gasteiger partial charge in [-0.15, -0.1) is 22.7 Å². The Hall–Kier alpha value is -3.23. The van der Waals surface area contributed by atoms with E-state index in [1.807, 2.05) is 4.90 Å². The number of benzene rings is 1. The molecule has 0 bridgehead atoms. The van der Waals surface area contributed by atoms with Crippen LogP contribution in [0.3, 0.4) is 0 Å². The van der Waals surface area contributed by atoms with Crippen molar-refractivity contribution >= 4 is 45.5 Å². The number of halogens is 3. The SMILES string of the molecule is CC(C)OC(=O)NCc1nc(CO)sc1-c1csc(NC(=O)C2CN(c3ccc(C(F)(F)F)cc3)C2)n1. The quantitative estimate of drug-likeness (QED) is 0.375. The Bertz CT molecular complexity index is 1250. The summed E-state index contributed by atoms with van der Waals surface area (Å²) in [5.74, 6) is -0.562. The summed E-state index contributed by atoms with van der Waals surface area (Å²) in [6.45, 7) is 4.05. The van der Waals surface area contributed by atoms with Crippen LogP contribution in [0, 0.1) is 5.92 Å². The first kappa shape index (κ1) is 26.8. The maximum Gasteiger partial charge on any atom is 0.416 e. The number of aromatic nitrogens is 2. The van der Waals surface area contributed by atoms with Crippen LogP contribution in [0.2, 0.25) is 0 Å². The highest BCUT2D eigenvalue weighted by Crippen LogP contribution is 2.34. The van der Waals surface area contributed by atoms with E-state index in [1.165, 1.54) is 34.8 Å². The van der Waals surface area contributed by atoms with Gasteiger partial charge < -0.3 is 25.4 Å². The minimum atomic E-state index is -4.39. The molecule has 1 fully saturated rings. The molecule has 1 aliphatic rings. The van der Waals surface area contributed by atoms with Gasteiger partial charge in [0.05, 0.1) is 47.0 Å². The van der Waals surface area contributed by atoms with Crippen LogP contribution >= 0.6 is 22.7 Å². The first-order valence-corrected chi connectivity index (χ1v) is 13.0. The number of hydrogen-bond acceptors (Lipinski definition) is 9. The Balaban J connectivity index is 1.34. The molecule has 0 saturated carbocycles. The summed E-state index contributed by atoms with van der Waals surface area (Å²) >= 11 is 2.46. The zero-order valence-corrected chi connectivity index (χ0v) is 21.5. The molecule has 1 aliphatic heterocycles. The lowest BCUT2D eigenvalue weighted by atomic mass is 9.98. The summed E-state index contributed by atoms with van der Waals surface area (Å²) in [5, 5.41) is 17.5. The lowest BCUT2D eigenvalue weighted by Gasteiger charge is -2.40. The molecule has 4 rings (SSSR count). The number of ether oxygens (including phenoxy) is 1. The van der Waals surface area contributed by atoms with Gasteiger partial charge in [0.15, 0.2) is 5.13 Å². The second kappa shape index (κ2) is 11.0. The molecule has 0 unspecified atom stereocenters. The van der Waals surface area contributed by atoms with Crippen LogP contribution < -0.4 is 15.5 Å². The Labute approximate surface area is 218 Å². The summed E-state index contributed by atoms with van der Waals surface area (Å²) in [7, 11) is 0. The van der Waals surface area contributed by atoms with Crippen molar-refractivity contribution in [3.05, 3.63) is 45.9 Å². The first-order chi connectivity index (χ1) is 17.5. The van der Waals surface area contributed by atoms with Gasteiger partial charge in [-0.1, -0.05) is 0 Å². The predicted molar refractivity (Wildman–Crippen MR) is 133 cm³/mol. The fourth-order valence-corrected chi connectivity index (χ4v) is 5.24. The predicted octanol–water partition coefficient (Wildman–Crippen LogP) is 4.49. The molecule has 0 aliphatic carbocycles. The number of alkyl carbamates (subject to hydrolysis) is 1. The number of rotatable bonds is 8. The van der Waals surface area contributed by atoms with Crippen LogP contribution in [-0.2, 0) is 28.9 Å². The van der Waals surface area contributed by atoms with Gasteiger partial charge in [0.25, 0.3) is 0 Å². The Kier molecular flexibility index (Phi) is 7.99. The highest BCUT2D eigenvalue weighted by atomic mass is 32.1. The minimum absolute atomic E-state index is 0.0818. The van der Waals surface area contributed by atoms with E-state index in [0.717, 1.165) is 12.1 Å². The van der Waals surface area contributed by atoms with Crippen LogP contribution in [-0.4, -0.2) is 46.3 Å². The van der Waals surface area contributed by atoms with Crippen molar-refractivity contribution in [2.75, 3.05) is 23.3 Å². The monoisotopic (exact) mass is 555 g/mol. The third kappa shape index (κ3) is 6.56. The number of aliphatic hydroxyl groups excluding tert-OH is 1. The van der Waals surface area contributed by atoms with E-state index < -0.39 is 17.8 Å². The summed E-state index contributed by atoms with van der Waals surface area (Å²) in [6.07, 6.45) is -5.25. The second-order valence-electron chi connectivity index (χ2n) is 8.52. The molecule has 1 aromatic carbocycles. The van der Waals surface area contributed by atoms with Gasteiger partial charge in [0.2, 0.25) is 5.91 Å².